The van der Waals surface area contributed by atoms with Crippen molar-refractivity contribution >= 4 is 5.97 Å². The van der Waals surface area contributed by atoms with E-state index >= 15 is 0 Å². The van der Waals surface area contributed by atoms with Crippen LogP contribution in [0.1, 0.15) is 64.7 Å². The minimum atomic E-state index is -0.480. The summed E-state index contributed by atoms with van der Waals surface area (Å²) in [7, 11) is 1.40. The average Bonchev–Trinajstić information content (AvgIpc) is 3.37. The van der Waals surface area contributed by atoms with Crippen molar-refractivity contribution in [3.05, 3.63) is 36.5 Å². The van der Waals surface area contributed by atoms with Crippen LogP contribution in [0.3, 0.4) is 0 Å². The first kappa shape index (κ1) is 21.7. The highest BCUT2D eigenvalue weighted by Crippen LogP contribution is 2.27. The Bertz CT molecular complexity index is 439. The van der Waals surface area contributed by atoms with E-state index in [1.165, 1.54) is 26.4 Å². The molecule has 0 aliphatic carbocycles. The lowest BCUT2D eigenvalue weighted by Crippen LogP contribution is -2.01. The van der Waals surface area contributed by atoms with E-state index in [4.69, 9.17) is 4.74 Å². The number of unbranched alkanes of at least 4 members (excludes halogenated alkanes) is 4. The van der Waals surface area contributed by atoms with Gasteiger partial charge in [-0.3, -0.25) is 4.79 Å². The zero-order valence-electron chi connectivity index (χ0n) is 15.7. The minimum Gasteiger partial charge on any atom is -0.469 e. The smallest absolute Gasteiger partial charge is 0.305 e. The molecule has 4 nitrogen and oxygen atoms in total. The predicted molar refractivity (Wildman–Crippen MR) is 101 cm³/mol. The number of carbonyl (C=O) groups is 1. The Labute approximate surface area is 152 Å². The van der Waals surface area contributed by atoms with Crippen molar-refractivity contribution in [1.29, 1.82) is 0 Å². The molecular formula is C21H34O4. The summed E-state index contributed by atoms with van der Waals surface area (Å²) in [5, 5.41) is 9.91. The van der Waals surface area contributed by atoms with E-state index in [1.54, 1.807) is 0 Å². The second-order valence-electron chi connectivity index (χ2n) is 6.47. The number of ether oxygens (including phenoxy) is 2. The standard InChI is InChI=1S/C21H34O4/c1-3-4-5-6-7-11-14-19-20(25-19)17-16-18(22)13-10-8-9-12-15-21(23)24-2/h7-8,10-11,16-20,22H,3-6,9,12-15H2,1-2H3. The molecule has 0 aromatic heterocycles. The van der Waals surface area contributed by atoms with Gasteiger partial charge in [-0.05, 0) is 38.5 Å². The first-order valence-electron chi connectivity index (χ1n) is 9.56. The second-order valence-corrected chi connectivity index (χ2v) is 6.47. The van der Waals surface area contributed by atoms with Crippen molar-refractivity contribution in [3.8, 4) is 0 Å². The van der Waals surface area contributed by atoms with Crippen LogP contribution in [-0.4, -0.2) is 36.5 Å². The highest BCUT2D eigenvalue weighted by atomic mass is 16.6. The molecule has 1 saturated heterocycles. The molecule has 0 saturated carbocycles. The van der Waals surface area contributed by atoms with Gasteiger partial charge in [-0.1, -0.05) is 56.2 Å². The van der Waals surface area contributed by atoms with Gasteiger partial charge in [0.05, 0.1) is 19.3 Å². The molecule has 3 unspecified atom stereocenters. The van der Waals surface area contributed by atoms with Gasteiger partial charge in [-0.2, -0.15) is 0 Å². The number of aliphatic hydroxyl groups excluding tert-OH is 1. The van der Waals surface area contributed by atoms with Crippen LogP contribution >= 0.6 is 0 Å². The topological polar surface area (TPSA) is 59.1 Å². The second kappa shape index (κ2) is 13.9. The highest BCUT2D eigenvalue weighted by Gasteiger charge is 2.34. The molecule has 0 radical (unpaired) electrons. The molecule has 3 atom stereocenters. The molecule has 1 heterocycles. The fourth-order valence-corrected chi connectivity index (χ4v) is 2.51. The number of carbonyl (C=O) groups excluding carboxylic acids is 1. The van der Waals surface area contributed by atoms with Crippen molar-refractivity contribution in [1.82, 2.24) is 0 Å². The van der Waals surface area contributed by atoms with E-state index < -0.39 is 6.10 Å². The number of esters is 1. The summed E-state index contributed by atoms with van der Waals surface area (Å²) in [5.74, 6) is -0.175. The maximum absolute atomic E-state index is 10.9. The van der Waals surface area contributed by atoms with Crippen LogP contribution in [0, 0.1) is 0 Å². The van der Waals surface area contributed by atoms with Gasteiger partial charge in [0, 0.05) is 6.42 Å². The van der Waals surface area contributed by atoms with Gasteiger partial charge >= 0.3 is 5.97 Å². The van der Waals surface area contributed by atoms with E-state index in [0.717, 1.165) is 25.7 Å². The zero-order chi connectivity index (χ0) is 18.3. The summed E-state index contributed by atoms with van der Waals surface area (Å²) >= 11 is 0. The number of methoxy groups -OCH3 is 1. The lowest BCUT2D eigenvalue weighted by Gasteiger charge is -2.00. The Morgan fingerprint density at radius 1 is 1.16 bits per heavy atom. The Hall–Kier alpha value is -1.39. The summed E-state index contributed by atoms with van der Waals surface area (Å²) in [6.45, 7) is 2.22. The molecule has 4 heteroatoms. The number of rotatable bonds is 14. The molecule has 0 spiro atoms. The molecule has 1 fully saturated rings. The minimum absolute atomic E-state index is 0.152. The van der Waals surface area contributed by atoms with Crippen LogP contribution in [0.15, 0.2) is 36.5 Å². The van der Waals surface area contributed by atoms with Gasteiger partial charge in [-0.25, -0.2) is 0 Å². The van der Waals surface area contributed by atoms with Crippen LogP contribution < -0.4 is 0 Å². The summed E-state index contributed by atoms with van der Waals surface area (Å²) in [6.07, 6.45) is 20.7. The molecule has 1 aliphatic rings. The van der Waals surface area contributed by atoms with E-state index in [1.807, 2.05) is 24.3 Å². The number of hydrogen-bond donors (Lipinski definition) is 1. The molecule has 142 valence electrons. The average molecular weight is 350 g/mol. The molecule has 25 heavy (non-hydrogen) atoms. The van der Waals surface area contributed by atoms with Crippen LogP contribution in [0.4, 0.5) is 0 Å². The van der Waals surface area contributed by atoms with Gasteiger partial charge in [0.1, 0.15) is 6.10 Å². The monoisotopic (exact) mass is 350 g/mol. The third-order valence-corrected chi connectivity index (χ3v) is 4.18. The molecule has 0 amide bonds. The Morgan fingerprint density at radius 2 is 1.92 bits per heavy atom. The van der Waals surface area contributed by atoms with Gasteiger partial charge in [0.25, 0.3) is 0 Å². The number of allylic oxidation sites excluding steroid dienone is 2. The summed E-state index contributed by atoms with van der Waals surface area (Å²) in [5.41, 5.74) is 0. The molecular weight excluding hydrogens is 316 g/mol. The Balaban J connectivity index is 2.03. The quantitative estimate of drug-likeness (QED) is 0.217. The fraction of sp³-hybridized carbons (Fsp3) is 0.667. The number of hydrogen-bond acceptors (Lipinski definition) is 4. The van der Waals surface area contributed by atoms with Gasteiger partial charge < -0.3 is 14.6 Å². The SMILES string of the molecule is CCCCCC=CCC1OC1C=CC(O)CC=CCCCC(=O)OC. The van der Waals surface area contributed by atoms with Gasteiger partial charge in [0.2, 0.25) is 0 Å². The summed E-state index contributed by atoms with van der Waals surface area (Å²) in [4.78, 5) is 10.9. The molecule has 0 aromatic rings. The third-order valence-electron chi connectivity index (χ3n) is 4.18. The Kier molecular flexibility index (Phi) is 12.0. The first-order valence-corrected chi connectivity index (χ1v) is 9.56. The number of aliphatic hydroxyl groups is 1. The largest absolute Gasteiger partial charge is 0.469 e. The predicted octanol–water partition coefficient (Wildman–Crippen LogP) is 4.49. The molecule has 1 aliphatic heterocycles. The number of epoxide rings is 1. The van der Waals surface area contributed by atoms with Crippen LogP contribution in [0.5, 0.6) is 0 Å². The maximum Gasteiger partial charge on any atom is 0.305 e. The molecule has 1 rings (SSSR count). The van der Waals surface area contributed by atoms with Crippen LogP contribution in [0.25, 0.3) is 0 Å². The molecule has 0 bridgehead atoms. The van der Waals surface area contributed by atoms with E-state index in [-0.39, 0.29) is 18.2 Å². The highest BCUT2D eigenvalue weighted by molar-refractivity contribution is 5.69. The van der Waals surface area contributed by atoms with Crippen LogP contribution in [0.2, 0.25) is 0 Å². The summed E-state index contributed by atoms with van der Waals surface area (Å²) < 4.78 is 10.2. The van der Waals surface area contributed by atoms with Crippen LogP contribution in [-0.2, 0) is 14.3 Å². The van der Waals surface area contributed by atoms with Crippen molar-refractivity contribution in [2.45, 2.75) is 83.0 Å². The van der Waals surface area contributed by atoms with E-state index in [9.17, 15) is 9.90 Å². The lowest BCUT2D eigenvalue weighted by atomic mass is 10.1. The molecule has 0 aromatic carbocycles. The molecule has 1 N–H and O–H groups in total. The normalized spacial score (nSPS) is 21.4. The van der Waals surface area contributed by atoms with E-state index in [2.05, 4.69) is 23.8 Å². The van der Waals surface area contributed by atoms with Crippen molar-refractivity contribution in [2.75, 3.05) is 7.11 Å². The third kappa shape index (κ3) is 11.7. The Morgan fingerprint density at radius 3 is 2.68 bits per heavy atom. The maximum atomic E-state index is 10.9. The zero-order valence-corrected chi connectivity index (χ0v) is 15.7. The first-order chi connectivity index (χ1) is 12.2. The fourth-order valence-electron chi connectivity index (χ4n) is 2.51. The lowest BCUT2D eigenvalue weighted by molar-refractivity contribution is -0.140. The van der Waals surface area contributed by atoms with E-state index in [0.29, 0.717) is 12.8 Å². The van der Waals surface area contributed by atoms with Gasteiger partial charge in [0.15, 0.2) is 0 Å². The van der Waals surface area contributed by atoms with Crippen molar-refractivity contribution < 1.29 is 19.4 Å². The van der Waals surface area contributed by atoms with Crippen molar-refractivity contribution in [2.24, 2.45) is 0 Å². The van der Waals surface area contributed by atoms with Crippen molar-refractivity contribution in [3.63, 3.8) is 0 Å². The summed E-state index contributed by atoms with van der Waals surface area (Å²) in [6, 6.07) is 0. The van der Waals surface area contributed by atoms with Gasteiger partial charge in [-0.15, -0.1) is 0 Å².